The Labute approximate surface area is 255 Å². The van der Waals surface area contributed by atoms with Crippen LogP contribution >= 0.6 is 46.4 Å². The topological polar surface area (TPSA) is 86.8 Å². The maximum atomic E-state index is 14.0. The molecule has 0 spiro atoms. The minimum Gasteiger partial charge on any atom is -0.354 e. The molecule has 0 unspecified atom stereocenters. The van der Waals surface area contributed by atoms with Gasteiger partial charge in [-0.25, -0.2) is 8.42 Å². The summed E-state index contributed by atoms with van der Waals surface area (Å²) in [6.45, 7) is 5.01. The summed E-state index contributed by atoms with van der Waals surface area (Å²) in [5.74, 6) is -0.919. The van der Waals surface area contributed by atoms with Gasteiger partial charge in [0.1, 0.15) is 12.6 Å². The molecule has 3 aromatic rings. The number of carbonyl (C=O) groups is 2. The van der Waals surface area contributed by atoms with Crippen molar-refractivity contribution in [3.8, 4) is 0 Å². The van der Waals surface area contributed by atoms with Crippen LogP contribution in [-0.2, 0) is 26.2 Å². The Morgan fingerprint density at radius 1 is 0.850 bits per heavy atom. The molecule has 3 rings (SSSR count). The molecule has 1 N–H and O–H groups in total. The van der Waals surface area contributed by atoms with Crippen LogP contribution in [-0.4, -0.2) is 44.3 Å². The highest BCUT2D eigenvalue weighted by Gasteiger charge is 2.34. The van der Waals surface area contributed by atoms with Crippen LogP contribution in [0.25, 0.3) is 0 Å². The molecule has 0 fully saturated rings. The third-order valence-electron chi connectivity index (χ3n) is 6.03. The van der Waals surface area contributed by atoms with Crippen molar-refractivity contribution >= 4 is 73.9 Å². The Hall–Kier alpha value is -2.49. The summed E-state index contributed by atoms with van der Waals surface area (Å²) in [5, 5.41) is 3.71. The predicted octanol–water partition coefficient (Wildman–Crippen LogP) is 6.69. The molecular formula is C28H29Cl4N3O4S. The lowest BCUT2D eigenvalue weighted by molar-refractivity contribution is -0.139. The fraction of sp³-hybridized carbons (Fsp3) is 0.286. The van der Waals surface area contributed by atoms with Gasteiger partial charge in [-0.2, -0.15) is 0 Å². The van der Waals surface area contributed by atoms with Crippen molar-refractivity contribution in [1.82, 2.24) is 10.2 Å². The molecule has 0 saturated carbocycles. The van der Waals surface area contributed by atoms with E-state index in [1.165, 1.54) is 35.2 Å². The first kappa shape index (κ1) is 32.0. The number of rotatable bonds is 11. The number of sulfonamides is 1. The second-order valence-electron chi connectivity index (χ2n) is 9.46. The van der Waals surface area contributed by atoms with Gasteiger partial charge in [0.2, 0.25) is 11.8 Å². The maximum Gasteiger partial charge on any atom is 0.264 e. The largest absolute Gasteiger partial charge is 0.354 e. The molecule has 0 aromatic heterocycles. The van der Waals surface area contributed by atoms with Crippen LogP contribution in [0.15, 0.2) is 71.6 Å². The molecule has 0 heterocycles. The first-order chi connectivity index (χ1) is 18.8. The number of hydrogen-bond donors (Lipinski definition) is 1. The van der Waals surface area contributed by atoms with Crippen LogP contribution < -0.4 is 9.62 Å². The summed E-state index contributed by atoms with van der Waals surface area (Å²) < 4.78 is 28.6. The first-order valence-electron chi connectivity index (χ1n) is 12.4. The Bertz CT molecular complexity index is 1450. The van der Waals surface area contributed by atoms with E-state index in [-0.39, 0.29) is 33.1 Å². The van der Waals surface area contributed by atoms with Crippen molar-refractivity contribution < 1.29 is 18.0 Å². The maximum absolute atomic E-state index is 14.0. The fourth-order valence-corrected chi connectivity index (χ4v) is 6.20. The molecule has 0 bridgehead atoms. The molecule has 12 heteroatoms. The molecule has 1 atom stereocenters. The van der Waals surface area contributed by atoms with Gasteiger partial charge in [-0.05, 0) is 55.3 Å². The van der Waals surface area contributed by atoms with Crippen molar-refractivity contribution in [3.05, 3.63) is 92.4 Å². The zero-order valence-corrected chi connectivity index (χ0v) is 25.9. The predicted molar refractivity (Wildman–Crippen MR) is 162 cm³/mol. The highest BCUT2D eigenvalue weighted by molar-refractivity contribution is 7.92. The van der Waals surface area contributed by atoms with E-state index in [0.29, 0.717) is 22.2 Å². The Morgan fingerprint density at radius 2 is 1.48 bits per heavy atom. The molecule has 0 aliphatic carbocycles. The van der Waals surface area contributed by atoms with Gasteiger partial charge >= 0.3 is 0 Å². The van der Waals surface area contributed by atoms with E-state index < -0.39 is 34.4 Å². The highest BCUT2D eigenvalue weighted by Crippen LogP contribution is 2.33. The Balaban J connectivity index is 2.08. The zero-order chi connectivity index (χ0) is 29.6. The fourth-order valence-electron chi connectivity index (χ4n) is 3.80. The van der Waals surface area contributed by atoms with Gasteiger partial charge in [0.25, 0.3) is 10.0 Å². The molecular weight excluding hydrogens is 616 g/mol. The number of nitrogens with zero attached hydrogens (tertiary/aromatic N) is 2. The minimum absolute atomic E-state index is 0.0130. The first-order valence-corrected chi connectivity index (χ1v) is 15.3. The normalized spacial score (nSPS) is 12.2. The van der Waals surface area contributed by atoms with Crippen LogP contribution in [0.1, 0.15) is 26.3 Å². The van der Waals surface area contributed by atoms with E-state index in [1.807, 2.05) is 13.8 Å². The summed E-state index contributed by atoms with van der Waals surface area (Å²) >= 11 is 25.4. The third kappa shape index (κ3) is 7.83. The molecule has 0 radical (unpaired) electrons. The molecule has 2 amide bonds. The number of amides is 2. The second-order valence-corrected chi connectivity index (χ2v) is 13.0. The standard InChI is InChI=1S/C28H29Cl4N3O4S/c1-18(2)15-33-28(37)19(3)34(16-22-23(30)10-7-11-24(22)31)27(36)17-35(26-14-20(29)12-13-25(26)32)40(38,39)21-8-5-4-6-9-21/h4-14,18-19H,15-17H2,1-3H3,(H,33,37)/t19-/m1/s1. The van der Waals surface area contributed by atoms with Crippen LogP contribution in [0.3, 0.4) is 0 Å². The Morgan fingerprint density at radius 3 is 2.08 bits per heavy atom. The number of carbonyl (C=O) groups excluding carboxylic acids is 2. The molecule has 214 valence electrons. The molecule has 40 heavy (non-hydrogen) atoms. The van der Waals surface area contributed by atoms with E-state index in [2.05, 4.69) is 5.32 Å². The summed E-state index contributed by atoms with van der Waals surface area (Å²) in [4.78, 5) is 28.3. The summed E-state index contributed by atoms with van der Waals surface area (Å²) in [5.41, 5.74) is 0.431. The Kier molecular flexibility index (Phi) is 11.1. The SMILES string of the molecule is CC(C)CNC(=O)[C@@H](C)N(Cc1c(Cl)cccc1Cl)C(=O)CN(c1cc(Cl)ccc1Cl)S(=O)(=O)c1ccccc1. The van der Waals surface area contributed by atoms with Gasteiger partial charge in [-0.1, -0.05) is 84.5 Å². The monoisotopic (exact) mass is 643 g/mol. The van der Waals surface area contributed by atoms with Gasteiger partial charge in [-0.3, -0.25) is 13.9 Å². The van der Waals surface area contributed by atoms with Crippen molar-refractivity contribution in [2.24, 2.45) is 5.92 Å². The number of hydrogen-bond acceptors (Lipinski definition) is 4. The highest BCUT2D eigenvalue weighted by atomic mass is 35.5. The lowest BCUT2D eigenvalue weighted by atomic mass is 10.1. The smallest absolute Gasteiger partial charge is 0.264 e. The molecule has 0 aliphatic heterocycles. The number of nitrogens with one attached hydrogen (secondary N) is 1. The van der Waals surface area contributed by atoms with Gasteiger partial charge in [0, 0.05) is 33.7 Å². The van der Waals surface area contributed by atoms with Gasteiger partial charge in [0.05, 0.1) is 15.6 Å². The van der Waals surface area contributed by atoms with E-state index in [1.54, 1.807) is 43.3 Å². The van der Waals surface area contributed by atoms with Crippen LogP contribution in [0, 0.1) is 5.92 Å². The lowest BCUT2D eigenvalue weighted by Crippen LogP contribution is -2.51. The van der Waals surface area contributed by atoms with Crippen LogP contribution in [0.2, 0.25) is 20.1 Å². The third-order valence-corrected chi connectivity index (χ3v) is 9.07. The van der Waals surface area contributed by atoms with E-state index in [0.717, 1.165) is 4.31 Å². The van der Waals surface area contributed by atoms with Crippen LogP contribution in [0.4, 0.5) is 5.69 Å². The van der Waals surface area contributed by atoms with Gasteiger partial charge in [0.15, 0.2) is 0 Å². The van der Waals surface area contributed by atoms with E-state index in [4.69, 9.17) is 46.4 Å². The quantitative estimate of drug-likeness (QED) is 0.252. The lowest BCUT2D eigenvalue weighted by Gasteiger charge is -2.32. The van der Waals surface area contributed by atoms with Crippen LogP contribution in [0.5, 0.6) is 0 Å². The average Bonchev–Trinajstić information content (AvgIpc) is 2.91. The molecule has 7 nitrogen and oxygen atoms in total. The van der Waals surface area contributed by atoms with E-state index in [9.17, 15) is 18.0 Å². The van der Waals surface area contributed by atoms with Crippen molar-refractivity contribution in [3.63, 3.8) is 0 Å². The summed E-state index contributed by atoms with van der Waals surface area (Å²) in [7, 11) is -4.29. The van der Waals surface area contributed by atoms with Gasteiger partial charge < -0.3 is 10.2 Å². The van der Waals surface area contributed by atoms with Crippen molar-refractivity contribution in [2.75, 3.05) is 17.4 Å². The number of halogens is 4. The molecule has 3 aromatic carbocycles. The van der Waals surface area contributed by atoms with Crippen molar-refractivity contribution in [2.45, 2.75) is 38.3 Å². The molecule has 0 aliphatic rings. The number of anilines is 1. The average molecular weight is 645 g/mol. The van der Waals surface area contributed by atoms with E-state index >= 15 is 0 Å². The summed E-state index contributed by atoms with van der Waals surface area (Å²) in [6, 6.07) is 15.9. The molecule has 0 saturated heterocycles. The number of benzene rings is 3. The summed E-state index contributed by atoms with van der Waals surface area (Å²) in [6.07, 6.45) is 0. The zero-order valence-electron chi connectivity index (χ0n) is 22.1. The van der Waals surface area contributed by atoms with Crippen molar-refractivity contribution in [1.29, 1.82) is 0 Å². The van der Waals surface area contributed by atoms with Gasteiger partial charge in [-0.15, -0.1) is 0 Å². The minimum atomic E-state index is -4.29. The second kappa shape index (κ2) is 13.9.